The van der Waals surface area contributed by atoms with Gasteiger partial charge in [-0.3, -0.25) is 9.47 Å². The van der Waals surface area contributed by atoms with Crippen molar-refractivity contribution in [3.05, 3.63) is 35.9 Å². The van der Waals surface area contributed by atoms with Crippen molar-refractivity contribution < 1.29 is 9.47 Å². The van der Waals surface area contributed by atoms with E-state index in [1.54, 1.807) is 0 Å². The van der Waals surface area contributed by atoms with Gasteiger partial charge in [-0.25, -0.2) is 4.98 Å². The van der Waals surface area contributed by atoms with Crippen molar-refractivity contribution >= 4 is 13.3 Å². The minimum absolute atomic E-state index is 0.541. The van der Waals surface area contributed by atoms with Gasteiger partial charge >= 0.3 is 0 Å². The number of hydrogen-bond donors (Lipinski definition) is 0. The molecule has 0 spiro atoms. The third kappa shape index (κ3) is 2.45. The lowest BCUT2D eigenvalue weighted by Crippen LogP contribution is -2.35. The monoisotopic (exact) mass is 283 g/mol. The number of rotatable bonds is 2. The summed E-state index contributed by atoms with van der Waals surface area (Å²) >= 11 is 0. The highest BCUT2D eigenvalue weighted by Crippen LogP contribution is 2.28. The average Bonchev–Trinajstić information content (AvgIpc) is 2.90. The maximum Gasteiger partial charge on any atom is 0.151 e. The highest BCUT2D eigenvalue weighted by molar-refractivity contribution is 6.32. The average molecular weight is 283 g/mol. The minimum atomic E-state index is 0.541. The fraction of sp³-hybridized carbons (Fsp3) is 0.400. The second kappa shape index (κ2) is 5.20. The molecule has 0 atom stereocenters. The van der Waals surface area contributed by atoms with Gasteiger partial charge in [-0.15, -0.1) is 0 Å². The fourth-order valence-corrected chi connectivity index (χ4v) is 2.93. The molecule has 2 aromatic rings. The van der Waals surface area contributed by atoms with E-state index < -0.39 is 0 Å². The summed E-state index contributed by atoms with van der Waals surface area (Å²) in [6.45, 7) is 5.02. The summed E-state index contributed by atoms with van der Waals surface area (Å²) in [5, 5.41) is 0. The van der Waals surface area contributed by atoms with Crippen molar-refractivity contribution in [2.45, 2.75) is 13.2 Å². The van der Waals surface area contributed by atoms with Crippen LogP contribution in [0.25, 0.3) is 5.69 Å². The van der Waals surface area contributed by atoms with Gasteiger partial charge in [0.15, 0.2) is 5.82 Å². The zero-order valence-electron chi connectivity index (χ0n) is 12.2. The molecule has 1 fully saturated rings. The summed E-state index contributed by atoms with van der Waals surface area (Å²) in [4.78, 5) is 7.11. The summed E-state index contributed by atoms with van der Waals surface area (Å²) in [5.41, 5.74) is 3.40. The second-order valence-corrected chi connectivity index (χ2v) is 5.67. The van der Waals surface area contributed by atoms with E-state index in [-0.39, 0.29) is 0 Å². The lowest BCUT2D eigenvalue weighted by Gasteiger charge is -2.25. The lowest BCUT2D eigenvalue weighted by molar-refractivity contribution is 0.0337. The van der Waals surface area contributed by atoms with E-state index in [4.69, 9.17) is 14.5 Å². The third-order valence-corrected chi connectivity index (χ3v) is 4.05. The van der Waals surface area contributed by atoms with Crippen molar-refractivity contribution in [2.75, 3.05) is 26.3 Å². The van der Waals surface area contributed by atoms with Crippen molar-refractivity contribution in [1.29, 1.82) is 0 Å². The van der Waals surface area contributed by atoms with E-state index >= 15 is 0 Å². The number of hydrogen-bond acceptors (Lipinski definition) is 4. The Morgan fingerprint density at radius 1 is 1.24 bits per heavy atom. The van der Waals surface area contributed by atoms with Gasteiger partial charge in [-0.05, 0) is 12.1 Å². The van der Waals surface area contributed by atoms with Crippen molar-refractivity contribution in [2.24, 2.45) is 0 Å². The third-order valence-electron chi connectivity index (χ3n) is 4.05. The second-order valence-electron chi connectivity index (χ2n) is 5.67. The molecule has 3 heterocycles. The Labute approximate surface area is 124 Å². The first kappa shape index (κ1) is 12.9. The van der Waals surface area contributed by atoms with Gasteiger partial charge in [-0.2, -0.15) is 0 Å². The van der Waals surface area contributed by atoms with Crippen LogP contribution >= 0.6 is 0 Å². The molecule has 1 aromatic heterocycles. The summed E-state index contributed by atoms with van der Waals surface area (Å²) in [6.07, 6.45) is 2.14. The van der Waals surface area contributed by atoms with Crippen LogP contribution < -0.4 is 10.2 Å². The van der Waals surface area contributed by atoms with Gasteiger partial charge in [0.1, 0.15) is 20.2 Å². The molecule has 5 nitrogen and oxygen atoms in total. The number of benzene rings is 1. The van der Waals surface area contributed by atoms with Crippen LogP contribution in [0.1, 0.15) is 11.5 Å². The number of ether oxygens (including phenoxy) is 2. The number of fused-ring (bicyclic) bond motifs is 3. The highest BCUT2D eigenvalue weighted by Gasteiger charge is 2.20. The van der Waals surface area contributed by atoms with E-state index in [2.05, 4.69) is 41.7 Å². The maximum absolute atomic E-state index is 5.82. The van der Waals surface area contributed by atoms with Gasteiger partial charge in [0.05, 0.1) is 24.6 Å². The number of nitrogens with zero attached hydrogens (tertiary/aromatic N) is 3. The van der Waals surface area contributed by atoms with E-state index in [0.717, 1.165) is 55.8 Å². The predicted octanol–water partition coefficient (Wildman–Crippen LogP) is -0.145. The van der Waals surface area contributed by atoms with Crippen LogP contribution in [-0.2, 0) is 17.9 Å². The Kier molecular flexibility index (Phi) is 3.20. The van der Waals surface area contributed by atoms with Gasteiger partial charge < -0.3 is 9.47 Å². The Morgan fingerprint density at radius 2 is 2.10 bits per heavy atom. The normalized spacial score (nSPS) is 17.9. The number of morpholine rings is 1. The molecule has 0 radical (unpaired) electrons. The quantitative estimate of drug-likeness (QED) is 0.719. The molecule has 0 amide bonds. The molecule has 21 heavy (non-hydrogen) atoms. The van der Waals surface area contributed by atoms with Crippen molar-refractivity contribution in [3.63, 3.8) is 0 Å². The standard InChI is InChI=1S/C15H18BN3O2/c16-11-1-2-13-14(7-11)21-10-15-17-12(9-19(13)15)8-18-3-5-20-6-4-18/h1-2,7,9H,3-6,8,10,16H2. The van der Waals surface area contributed by atoms with Crippen LogP contribution in [0, 0.1) is 0 Å². The molecular weight excluding hydrogens is 265 g/mol. The number of imidazole rings is 1. The van der Waals surface area contributed by atoms with Crippen molar-refractivity contribution in [3.8, 4) is 11.4 Å². The zero-order chi connectivity index (χ0) is 14.2. The molecule has 0 saturated carbocycles. The Hall–Kier alpha value is -1.79. The molecule has 1 saturated heterocycles. The van der Waals surface area contributed by atoms with E-state index in [9.17, 15) is 0 Å². The van der Waals surface area contributed by atoms with Crippen molar-refractivity contribution in [1.82, 2.24) is 14.5 Å². The van der Waals surface area contributed by atoms with Gasteiger partial charge in [0.2, 0.25) is 0 Å². The smallest absolute Gasteiger partial charge is 0.151 e. The molecular formula is C15H18BN3O2. The first-order chi connectivity index (χ1) is 10.3. The van der Waals surface area contributed by atoms with Crippen LogP contribution in [0.3, 0.4) is 0 Å². The first-order valence-electron chi connectivity index (χ1n) is 7.41. The SMILES string of the molecule is Bc1ccc2c(c1)OCc1nc(CN3CCOCC3)cn1-2. The van der Waals surface area contributed by atoms with Gasteiger partial charge in [0.25, 0.3) is 0 Å². The van der Waals surface area contributed by atoms with Crippen LogP contribution in [-0.4, -0.2) is 48.6 Å². The molecule has 2 aliphatic rings. The molecule has 0 aliphatic carbocycles. The van der Waals surface area contributed by atoms with Crippen LogP contribution in [0.15, 0.2) is 24.4 Å². The zero-order valence-corrected chi connectivity index (χ0v) is 12.2. The summed E-state index contributed by atoms with van der Waals surface area (Å²) in [5.74, 6) is 1.92. The predicted molar refractivity (Wildman–Crippen MR) is 82.2 cm³/mol. The maximum atomic E-state index is 5.82. The largest absolute Gasteiger partial charge is 0.483 e. The Morgan fingerprint density at radius 3 is 2.95 bits per heavy atom. The molecule has 1 aromatic carbocycles. The Balaban J connectivity index is 1.62. The van der Waals surface area contributed by atoms with E-state index in [0.29, 0.717) is 6.61 Å². The Bertz CT molecular complexity index is 665. The van der Waals surface area contributed by atoms with Gasteiger partial charge in [-0.1, -0.05) is 11.5 Å². The molecule has 0 unspecified atom stereocenters. The topological polar surface area (TPSA) is 39.5 Å². The summed E-state index contributed by atoms with van der Waals surface area (Å²) in [6, 6.07) is 6.30. The lowest BCUT2D eigenvalue weighted by atomic mass is 9.95. The van der Waals surface area contributed by atoms with Gasteiger partial charge in [0, 0.05) is 25.8 Å². The van der Waals surface area contributed by atoms with Crippen LogP contribution in [0.5, 0.6) is 5.75 Å². The first-order valence-corrected chi connectivity index (χ1v) is 7.41. The molecule has 0 bridgehead atoms. The summed E-state index contributed by atoms with van der Waals surface area (Å²) in [7, 11) is 2.08. The summed E-state index contributed by atoms with van der Waals surface area (Å²) < 4.78 is 13.4. The molecule has 2 aliphatic heterocycles. The molecule has 4 rings (SSSR count). The molecule has 108 valence electrons. The van der Waals surface area contributed by atoms with E-state index in [1.807, 2.05) is 0 Å². The van der Waals surface area contributed by atoms with Crippen LogP contribution in [0.4, 0.5) is 0 Å². The fourth-order valence-electron chi connectivity index (χ4n) is 2.93. The molecule has 6 heteroatoms. The highest BCUT2D eigenvalue weighted by atomic mass is 16.5. The minimum Gasteiger partial charge on any atom is -0.483 e. The van der Waals surface area contributed by atoms with Crippen LogP contribution in [0.2, 0.25) is 0 Å². The number of aromatic nitrogens is 2. The molecule has 0 N–H and O–H groups in total. The van der Waals surface area contributed by atoms with E-state index in [1.165, 1.54) is 5.46 Å².